The molecule has 1 N–H and O–H groups in total. The van der Waals surface area contributed by atoms with Crippen LogP contribution in [0.5, 0.6) is 0 Å². The molecule has 6 heteroatoms. The summed E-state index contributed by atoms with van der Waals surface area (Å²) in [6.07, 6.45) is 4.96. The van der Waals surface area contributed by atoms with Crippen LogP contribution in [0.25, 0.3) is 11.6 Å². The van der Waals surface area contributed by atoms with Gasteiger partial charge in [0, 0.05) is 21.8 Å². The van der Waals surface area contributed by atoms with Gasteiger partial charge >= 0.3 is 0 Å². The maximum absolute atomic E-state index is 14.0. The van der Waals surface area contributed by atoms with Crippen LogP contribution in [0.3, 0.4) is 0 Å². The summed E-state index contributed by atoms with van der Waals surface area (Å²) in [5, 5.41) is 8.45. The average Bonchev–Trinajstić information content (AvgIpc) is 2.95. The zero-order valence-electron chi connectivity index (χ0n) is 23.2. The van der Waals surface area contributed by atoms with Crippen LogP contribution in [0.4, 0.5) is 5.69 Å². The highest BCUT2D eigenvalue weighted by atomic mass is 35.5. The largest absolute Gasteiger partial charge is 0.322 e. The Kier molecular flexibility index (Phi) is 7.33. The number of benzene rings is 4. The summed E-state index contributed by atoms with van der Waals surface area (Å²) >= 11 is 12.2. The van der Waals surface area contributed by atoms with Crippen molar-refractivity contribution >= 4 is 52.2 Å². The van der Waals surface area contributed by atoms with Crippen molar-refractivity contribution in [2.45, 2.75) is 32.2 Å². The molecule has 0 spiro atoms. The van der Waals surface area contributed by atoms with Gasteiger partial charge in [-0.2, -0.15) is 0 Å². The normalized spacial score (nSPS) is 15.5. The Morgan fingerprint density at radius 3 is 2.37 bits per heavy atom. The van der Waals surface area contributed by atoms with E-state index >= 15 is 0 Å². The molecule has 0 radical (unpaired) electrons. The fourth-order valence-corrected chi connectivity index (χ4v) is 6.68. The van der Waals surface area contributed by atoms with E-state index in [2.05, 4.69) is 66.8 Å². The Balaban J connectivity index is 1.40. The van der Waals surface area contributed by atoms with Crippen molar-refractivity contribution in [3.8, 4) is 0 Å². The van der Waals surface area contributed by atoms with Crippen LogP contribution in [-0.2, 0) is 6.42 Å². The van der Waals surface area contributed by atoms with Crippen molar-refractivity contribution in [2.24, 2.45) is 0 Å². The van der Waals surface area contributed by atoms with Gasteiger partial charge < -0.3 is 5.32 Å². The highest BCUT2D eigenvalue weighted by molar-refractivity contribution is 6.37. The molecule has 1 unspecified atom stereocenters. The lowest BCUT2D eigenvalue weighted by molar-refractivity contribution is 0.102. The minimum atomic E-state index is -0.334. The zero-order valence-corrected chi connectivity index (χ0v) is 24.7. The van der Waals surface area contributed by atoms with Crippen molar-refractivity contribution in [3.63, 3.8) is 0 Å². The van der Waals surface area contributed by atoms with Gasteiger partial charge in [-0.25, -0.2) is 0 Å². The molecule has 0 aromatic heterocycles. The first-order valence-corrected chi connectivity index (χ1v) is 14.5. The number of rotatable bonds is 5. The Labute approximate surface area is 249 Å². The summed E-state index contributed by atoms with van der Waals surface area (Å²) in [4.78, 5) is 29.1. The fourth-order valence-electron chi connectivity index (χ4n) is 6.18. The molecule has 0 aliphatic heterocycles. The van der Waals surface area contributed by atoms with Gasteiger partial charge in [-0.05, 0) is 114 Å². The maximum atomic E-state index is 14.0. The standard InChI is InChI=1S/C35H30Cl2N2O2/c1-20-17-23(38-35(41)30-13-11-22(36)19-31(30)37)12-14-24(20)34(40)29-10-6-9-27-26(29)15-16-28-25-8-5-4-7-21(25)18-32(33(27)28)39(2)3/h4-5,7-8,11-19,32H,6,9-10H2,1-3H3,(H,38,41). The number of anilines is 1. The Bertz CT molecular complexity index is 1960. The molecule has 2 aliphatic carbocycles. The van der Waals surface area contributed by atoms with Gasteiger partial charge in [0.2, 0.25) is 0 Å². The van der Waals surface area contributed by atoms with Crippen LogP contribution < -0.4 is 15.8 Å². The second-order valence-corrected chi connectivity index (χ2v) is 11.8. The summed E-state index contributed by atoms with van der Waals surface area (Å²) in [5.41, 5.74) is 5.84. The number of fused-ring (bicyclic) bond motifs is 4. The molecule has 0 saturated heterocycles. The summed E-state index contributed by atoms with van der Waals surface area (Å²) < 4.78 is 0. The first kappa shape index (κ1) is 27.5. The van der Waals surface area contributed by atoms with Crippen LogP contribution in [-0.4, -0.2) is 30.7 Å². The van der Waals surface area contributed by atoms with E-state index in [4.69, 9.17) is 23.2 Å². The highest BCUT2D eigenvalue weighted by Gasteiger charge is 2.26. The number of Topliss-reactive ketones (excluding diaryl/α,β-unsaturated/α-hetero) is 1. The lowest BCUT2D eigenvalue weighted by Gasteiger charge is -2.29. The molecular weight excluding hydrogens is 551 g/mol. The van der Waals surface area contributed by atoms with Crippen LogP contribution in [0.1, 0.15) is 56.3 Å². The van der Waals surface area contributed by atoms with E-state index in [1.165, 1.54) is 26.8 Å². The van der Waals surface area contributed by atoms with Crippen molar-refractivity contribution < 1.29 is 9.59 Å². The van der Waals surface area contributed by atoms with Gasteiger partial charge in [-0.15, -0.1) is 0 Å². The fraction of sp³-hybridized carbons (Fsp3) is 0.200. The Hall–Kier alpha value is -3.70. The van der Waals surface area contributed by atoms with E-state index in [9.17, 15) is 9.59 Å². The number of amides is 1. The van der Waals surface area contributed by atoms with Gasteiger partial charge in [0.05, 0.1) is 16.6 Å². The molecule has 4 nitrogen and oxygen atoms in total. The molecule has 0 saturated carbocycles. The van der Waals surface area contributed by atoms with Gasteiger partial charge in [0.15, 0.2) is 5.78 Å². The molecule has 6 rings (SSSR count). The summed E-state index contributed by atoms with van der Waals surface area (Å²) in [5.74, 6) is -0.289. The lowest BCUT2D eigenvalue weighted by Crippen LogP contribution is -2.31. The van der Waals surface area contributed by atoms with E-state index < -0.39 is 0 Å². The molecular formula is C35H30Cl2N2O2. The van der Waals surface area contributed by atoms with Gasteiger partial charge in [0.1, 0.15) is 0 Å². The average molecular weight is 582 g/mol. The third-order valence-corrected chi connectivity index (χ3v) is 8.70. The van der Waals surface area contributed by atoms with Crippen molar-refractivity contribution in [1.29, 1.82) is 0 Å². The van der Waals surface area contributed by atoms with Crippen LogP contribution in [0, 0.1) is 17.4 Å². The summed E-state index contributed by atoms with van der Waals surface area (Å²) in [6.45, 7) is 1.91. The molecule has 206 valence electrons. The number of halogens is 2. The Morgan fingerprint density at radius 1 is 0.854 bits per heavy atom. The van der Waals surface area contributed by atoms with E-state index in [0.29, 0.717) is 21.8 Å². The molecule has 1 amide bonds. The molecule has 4 aromatic rings. The van der Waals surface area contributed by atoms with Crippen molar-refractivity contribution in [3.05, 3.63) is 132 Å². The summed E-state index contributed by atoms with van der Waals surface area (Å²) in [7, 11) is 4.23. The minimum Gasteiger partial charge on any atom is -0.322 e. The minimum absolute atomic E-state index is 0.0450. The van der Waals surface area contributed by atoms with E-state index in [1.54, 1.807) is 24.3 Å². The van der Waals surface area contributed by atoms with Gasteiger partial charge in [-0.3, -0.25) is 14.5 Å². The predicted molar refractivity (Wildman–Crippen MR) is 167 cm³/mol. The maximum Gasteiger partial charge on any atom is 0.257 e. The SMILES string of the molecule is Cc1cc(NC(=O)c2ccc(Cl)cc2Cl)ccc1C(=O)C1=c2ccc3c(c2CCC1)C(N(C)C)C=c1ccccc1=3. The summed E-state index contributed by atoms with van der Waals surface area (Å²) in [6, 6.07) is 23.2. The van der Waals surface area contributed by atoms with Gasteiger partial charge in [-0.1, -0.05) is 65.7 Å². The first-order valence-electron chi connectivity index (χ1n) is 13.8. The lowest BCUT2D eigenvalue weighted by atomic mass is 9.81. The molecule has 0 heterocycles. The third kappa shape index (κ3) is 5.01. The second kappa shape index (κ2) is 10.9. The quantitative estimate of drug-likeness (QED) is 0.270. The monoisotopic (exact) mass is 580 g/mol. The number of carbonyl (C=O) groups excluding carboxylic acids is 2. The first-order chi connectivity index (χ1) is 19.7. The molecule has 41 heavy (non-hydrogen) atoms. The van der Waals surface area contributed by atoms with Crippen molar-refractivity contribution in [2.75, 3.05) is 19.4 Å². The van der Waals surface area contributed by atoms with Crippen LogP contribution in [0.15, 0.2) is 72.8 Å². The second-order valence-electron chi connectivity index (χ2n) is 11.0. The smallest absolute Gasteiger partial charge is 0.257 e. The van der Waals surface area contributed by atoms with Crippen molar-refractivity contribution in [1.82, 2.24) is 4.90 Å². The number of aryl methyl sites for hydroxylation is 1. The third-order valence-electron chi connectivity index (χ3n) is 8.15. The number of nitrogens with zero attached hydrogens (tertiary/aromatic N) is 1. The molecule has 1 atom stereocenters. The zero-order chi connectivity index (χ0) is 28.8. The van der Waals surface area contributed by atoms with E-state index in [0.717, 1.165) is 35.6 Å². The Morgan fingerprint density at radius 2 is 1.61 bits per heavy atom. The van der Waals surface area contributed by atoms with E-state index in [1.807, 2.05) is 19.1 Å². The number of nitrogens with one attached hydrogen (secondary N) is 1. The number of ketones is 1. The molecule has 0 fully saturated rings. The highest BCUT2D eigenvalue weighted by Crippen LogP contribution is 2.31. The van der Waals surface area contributed by atoms with E-state index in [-0.39, 0.29) is 22.8 Å². The van der Waals surface area contributed by atoms with Gasteiger partial charge in [0.25, 0.3) is 5.91 Å². The molecule has 0 bridgehead atoms. The van der Waals surface area contributed by atoms with Crippen LogP contribution >= 0.6 is 23.2 Å². The number of carbonyl (C=O) groups is 2. The molecule has 2 aliphatic rings. The van der Waals surface area contributed by atoms with Crippen LogP contribution in [0.2, 0.25) is 10.0 Å². The topological polar surface area (TPSA) is 49.4 Å². The predicted octanol–water partition coefficient (Wildman–Crippen LogP) is 6.61. The number of hydrogen-bond donors (Lipinski definition) is 1. The number of hydrogen-bond acceptors (Lipinski definition) is 3. The molecule has 4 aromatic carbocycles.